The summed E-state index contributed by atoms with van der Waals surface area (Å²) in [6.07, 6.45) is 0. The van der Waals surface area contributed by atoms with E-state index in [0.29, 0.717) is 4.48 Å². The first-order chi connectivity index (χ1) is 7.31. The molecule has 0 atom stereocenters. The summed E-state index contributed by atoms with van der Waals surface area (Å²) in [7, 11) is -3.76. The van der Waals surface area contributed by atoms with Gasteiger partial charge in [-0.3, -0.25) is 0 Å². The van der Waals surface area contributed by atoms with Gasteiger partial charge in [-0.25, -0.2) is 17.5 Å². The van der Waals surface area contributed by atoms with Gasteiger partial charge in [-0.2, -0.15) is 0 Å². The Balaban J connectivity index is 3.02. The zero-order valence-electron chi connectivity index (χ0n) is 8.20. The van der Waals surface area contributed by atoms with Crippen molar-refractivity contribution in [3.8, 4) is 0 Å². The Morgan fingerprint density at radius 1 is 1.50 bits per heavy atom. The third-order valence-corrected chi connectivity index (χ3v) is 3.32. The summed E-state index contributed by atoms with van der Waals surface area (Å²) in [6, 6.07) is 3.13. The number of nitrogen functional groups attached to an aromatic ring is 1. The third-order valence-electron chi connectivity index (χ3n) is 1.66. The van der Waals surface area contributed by atoms with Crippen molar-refractivity contribution >= 4 is 31.6 Å². The number of hydrogen-bond donors (Lipinski definition) is 2. The van der Waals surface area contributed by atoms with E-state index in [1.807, 2.05) is 0 Å². The molecular formula is C9H10BrFN2O2S. The SMILES string of the molecule is C=C(Br)CNS(=O)(=O)c1cc(N)cc(F)c1. The zero-order valence-corrected chi connectivity index (χ0v) is 10.6. The van der Waals surface area contributed by atoms with Crippen LogP contribution in [0.3, 0.4) is 0 Å². The maximum absolute atomic E-state index is 13.0. The predicted molar refractivity (Wildman–Crippen MR) is 64.1 cm³/mol. The van der Waals surface area contributed by atoms with Crippen LogP contribution in [0.2, 0.25) is 0 Å². The number of anilines is 1. The molecule has 0 unspecified atom stereocenters. The second-order valence-electron chi connectivity index (χ2n) is 3.06. The third kappa shape index (κ3) is 3.58. The van der Waals surface area contributed by atoms with Crippen molar-refractivity contribution in [1.29, 1.82) is 0 Å². The van der Waals surface area contributed by atoms with Crippen LogP contribution in [0.1, 0.15) is 0 Å². The smallest absolute Gasteiger partial charge is 0.241 e. The van der Waals surface area contributed by atoms with Crippen LogP contribution in [0.5, 0.6) is 0 Å². The highest BCUT2D eigenvalue weighted by Gasteiger charge is 2.15. The molecule has 0 aromatic heterocycles. The summed E-state index contributed by atoms with van der Waals surface area (Å²) >= 11 is 3.01. The van der Waals surface area contributed by atoms with Gasteiger partial charge in [0.1, 0.15) is 5.82 Å². The maximum atomic E-state index is 13.0. The number of nitrogens with one attached hydrogen (secondary N) is 1. The first-order valence-electron chi connectivity index (χ1n) is 4.20. The van der Waals surface area contributed by atoms with E-state index < -0.39 is 15.8 Å². The number of nitrogens with two attached hydrogens (primary N) is 1. The quantitative estimate of drug-likeness (QED) is 0.830. The summed E-state index contributed by atoms with van der Waals surface area (Å²) < 4.78 is 39.0. The Kier molecular flexibility index (Phi) is 4.06. The van der Waals surface area contributed by atoms with Gasteiger partial charge in [0.2, 0.25) is 10.0 Å². The fourth-order valence-corrected chi connectivity index (χ4v) is 2.41. The van der Waals surface area contributed by atoms with Crippen LogP contribution in [-0.4, -0.2) is 15.0 Å². The molecule has 0 saturated carbocycles. The molecule has 1 aromatic carbocycles. The summed E-state index contributed by atoms with van der Waals surface area (Å²) in [5, 5.41) is 0. The van der Waals surface area contributed by atoms with E-state index >= 15 is 0 Å². The Hall–Kier alpha value is -0.920. The van der Waals surface area contributed by atoms with Crippen molar-refractivity contribution < 1.29 is 12.8 Å². The van der Waals surface area contributed by atoms with Crippen molar-refractivity contribution in [3.05, 3.63) is 35.1 Å². The van der Waals surface area contributed by atoms with Crippen molar-refractivity contribution in [1.82, 2.24) is 4.72 Å². The minimum atomic E-state index is -3.76. The number of halogens is 2. The fraction of sp³-hybridized carbons (Fsp3) is 0.111. The van der Waals surface area contributed by atoms with E-state index in [9.17, 15) is 12.8 Å². The summed E-state index contributed by atoms with van der Waals surface area (Å²) in [5.74, 6) is -0.696. The van der Waals surface area contributed by atoms with E-state index in [4.69, 9.17) is 5.73 Å². The molecule has 0 amide bonds. The minimum absolute atomic E-state index is 0.0265. The summed E-state index contributed by atoms with van der Waals surface area (Å²) in [6.45, 7) is 3.50. The average Bonchev–Trinajstić information content (AvgIpc) is 2.13. The zero-order chi connectivity index (χ0) is 12.3. The van der Waals surface area contributed by atoms with Gasteiger partial charge in [0.25, 0.3) is 0 Å². The van der Waals surface area contributed by atoms with Gasteiger partial charge in [0, 0.05) is 16.7 Å². The summed E-state index contributed by atoms with van der Waals surface area (Å²) in [5.41, 5.74) is 5.41. The van der Waals surface area contributed by atoms with Gasteiger partial charge in [0.05, 0.1) is 4.90 Å². The molecule has 0 fully saturated rings. The van der Waals surface area contributed by atoms with Crippen LogP contribution in [0.4, 0.5) is 10.1 Å². The second kappa shape index (κ2) is 4.94. The maximum Gasteiger partial charge on any atom is 0.241 e. The van der Waals surface area contributed by atoms with E-state index in [1.165, 1.54) is 6.07 Å². The van der Waals surface area contributed by atoms with E-state index in [-0.39, 0.29) is 17.1 Å². The number of hydrogen-bond acceptors (Lipinski definition) is 3. The molecule has 0 aliphatic heterocycles. The standard InChI is InChI=1S/C9H10BrFN2O2S/c1-6(10)5-13-16(14,15)9-3-7(11)2-8(12)4-9/h2-4,13H,1,5,12H2. The van der Waals surface area contributed by atoms with Crippen molar-refractivity contribution in [3.63, 3.8) is 0 Å². The highest BCUT2D eigenvalue weighted by atomic mass is 79.9. The molecule has 0 bridgehead atoms. The molecule has 4 nitrogen and oxygen atoms in total. The molecule has 16 heavy (non-hydrogen) atoms. The monoisotopic (exact) mass is 308 g/mol. The average molecular weight is 309 g/mol. The van der Waals surface area contributed by atoms with E-state index in [2.05, 4.69) is 27.2 Å². The Bertz CT molecular complexity index is 496. The lowest BCUT2D eigenvalue weighted by Crippen LogP contribution is -2.25. The molecular weight excluding hydrogens is 299 g/mol. The molecule has 0 aliphatic carbocycles. The lowest BCUT2D eigenvalue weighted by molar-refractivity contribution is 0.581. The van der Waals surface area contributed by atoms with Crippen molar-refractivity contribution in [2.24, 2.45) is 0 Å². The van der Waals surface area contributed by atoms with Crippen molar-refractivity contribution in [2.45, 2.75) is 4.90 Å². The molecule has 0 radical (unpaired) electrons. The fourth-order valence-electron chi connectivity index (χ4n) is 0.996. The van der Waals surface area contributed by atoms with Crippen LogP contribution in [0.25, 0.3) is 0 Å². The van der Waals surface area contributed by atoms with Crippen LogP contribution < -0.4 is 10.5 Å². The highest BCUT2D eigenvalue weighted by molar-refractivity contribution is 9.11. The Morgan fingerprint density at radius 2 is 2.12 bits per heavy atom. The van der Waals surface area contributed by atoms with Gasteiger partial charge in [0.15, 0.2) is 0 Å². The topological polar surface area (TPSA) is 72.2 Å². The molecule has 0 aliphatic rings. The van der Waals surface area contributed by atoms with Gasteiger partial charge >= 0.3 is 0 Å². The number of benzene rings is 1. The molecule has 1 aromatic rings. The lowest BCUT2D eigenvalue weighted by atomic mass is 10.3. The molecule has 0 spiro atoms. The first kappa shape index (κ1) is 13.1. The van der Waals surface area contributed by atoms with Crippen molar-refractivity contribution in [2.75, 3.05) is 12.3 Å². The highest BCUT2D eigenvalue weighted by Crippen LogP contribution is 2.15. The number of rotatable bonds is 4. The molecule has 88 valence electrons. The van der Waals surface area contributed by atoms with Crippen LogP contribution >= 0.6 is 15.9 Å². The number of sulfonamides is 1. The van der Waals surface area contributed by atoms with E-state index in [0.717, 1.165) is 12.1 Å². The molecule has 3 N–H and O–H groups in total. The molecule has 1 rings (SSSR count). The predicted octanol–water partition coefficient (Wildman–Crippen LogP) is 1.59. The largest absolute Gasteiger partial charge is 0.399 e. The normalized spacial score (nSPS) is 11.4. The Morgan fingerprint density at radius 3 is 2.62 bits per heavy atom. The van der Waals surface area contributed by atoms with Gasteiger partial charge in [-0.15, -0.1) is 0 Å². The van der Waals surface area contributed by atoms with Crippen LogP contribution in [-0.2, 0) is 10.0 Å². The van der Waals surface area contributed by atoms with Gasteiger partial charge < -0.3 is 5.73 Å². The van der Waals surface area contributed by atoms with Crippen LogP contribution in [0, 0.1) is 5.82 Å². The second-order valence-corrected chi connectivity index (χ2v) is 5.95. The first-order valence-corrected chi connectivity index (χ1v) is 6.48. The molecule has 0 saturated heterocycles. The lowest BCUT2D eigenvalue weighted by Gasteiger charge is -2.06. The molecule has 7 heteroatoms. The molecule has 0 heterocycles. The Labute approximate surface area is 102 Å². The summed E-state index contributed by atoms with van der Waals surface area (Å²) in [4.78, 5) is -0.209. The van der Waals surface area contributed by atoms with E-state index in [1.54, 1.807) is 0 Å². The minimum Gasteiger partial charge on any atom is -0.399 e. The van der Waals surface area contributed by atoms with Gasteiger partial charge in [-0.05, 0) is 18.2 Å². The van der Waals surface area contributed by atoms with Gasteiger partial charge in [-0.1, -0.05) is 22.5 Å². The van der Waals surface area contributed by atoms with Crippen LogP contribution in [0.15, 0.2) is 34.2 Å².